The lowest BCUT2D eigenvalue weighted by Gasteiger charge is -2.37. The lowest BCUT2D eigenvalue weighted by Crippen LogP contribution is -2.59. The SMILES string of the molecule is CCCC(N)C(=O)NC1(C(=O)O)CCCC(C)C1. The topological polar surface area (TPSA) is 92.4 Å². The standard InChI is InChI=1S/C13H24N2O3/c1-3-5-10(14)11(16)15-13(12(17)18)7-4-6-9(2)8-13/h9-10H,3-8,14H2,1-2H3,(H,15,16)(H,17,18). The Balaban J connectivity index is 2.74. The van der Waals surface area contributed by atoms with Gasteiger partial charge in [0.2, 0.25) is 5.91 Å². The van der Waals surface area contributed by atoms with Crippen molar-refractivity contribution in [2.45, 2.75) is 64.0 Å². The summed E-state index contributed by atoms with van der Waals surface area (Å²) < 4.78 is 0. The van der Waals surface area contributed by atoms with Crippen LogP contribution in [0.5, 0.6) is 0 Å². The van der Waals surface area contributed by atoms with Gasteiger partial charge in [0.05, 0.1) is 6.04 Å². The summed E-state index contributed by atoms with van der Waals surface area (Å²) in [5.74, 6) is -0.961. The molecule has 3 atom stereocenters. The summed E-state index contributed by atoms with van der Waals surface area (Å²) in [5, 5.41) is 12.1. The molecule has 1 fully saturated rings. The van der Waals surface area contributed by atoms with Crippen LogP contribution in [-0.4, -0.2) is 28.6 Å². The van der Waals surface area contributed by atoms with Gasteiger partial charge < -0.3 is 16.2 Å². The Labute approximate surface area is 108 Å². The van der Waals surface area contributed by atoms with Crippen molar-refractivity contribution >= 4 is 11.9 Å². The Morgan fingerprint density at radius 1 is 1.56 bits per heavy atom. The van der Waals surface area contributed by atoms with E-state index in [1.54, 1.807) is 0 Å². The maximum atomic E-state index is 11.9. The van der Waals surface area contributed by atoms with Crippen LogP contribution in [0.15, 0.2) is 0 Å². The third-order valence-electron chi connectivity index (χ3n) is 3.71. The fourth-order valence-corrected chi connectivity index (χ4v) is 2.68. The quantitative estimate of drug-likeness (QED) is 0.690. The van der Waals surface area contributed by atoms with E-state index in [2.05, 4.69) is 5.32 Å². The molecule has 0 aromatic heterocycles. The second-order valence-corrected chi connectivity index (χ2v) is 5.47. The van der Waals surface area contributed by atoms with E-state index in [4.69, 9.17) is 5.73 Å². The van der Waals surface area contributed by atoms with Crippen molar-refractivity contribution < 1.29 is 14.7 Å². The van der Waals surface area contributed by atoms with Gasteiger partial charge in [0.1, 0.15) is 5.54 Å². The van der Waals surface area contributed by atoms with Gasteiger partial charge in [-0.2, -0.15) is 0 Å². The van der Waals surface area contributed by atoms with Crippen LogP contribution in [0.4, 0.5) is 0 Å². The zero-order chi connectivity index (χ0) is 13.8. The Hall–Kier alpha value is -1.10. The summed E-state index contributed by atoms with van der Waals surface area (Å²) in [6.45, 7) is 3.97. The largest absolute Gasteiger partial charge is 0.480 e. The molecule has 18 heavy (non-hydrogen) atoms. The molecule has 1 amide bonds. The zero-order valence-electron chi connectivity index (χ0n) is 11.2. The van der Waals surface area contributed by atoms with Gasteiger partial charge in [-0.1, -0.05) is 33.1 Å². The van der Waals surface area contributed by atoms with Crippen LogP contribution in [0.2, 0.25) is 0 Å². The summed E-state index contributed by atoms with van der Waals surface area (Å²) in [6.07, 6.45) is 4.23. The summed E-state index contributed by atoms with van der Waals surface area (Å²) in [7, 11) is 0. The number of carboxylic acids is 1. The molecule has 0 saturated heterocycles. The maximum absolute atomic E-state index is 11.9. The molecule has 1 saturated carbocycles. The molecule has 0 heterocycles. The monoisotopic (exact) mass is 256 g/mol. The molecule has 0 aliphatic heterocycles. The molecule has 3 unspecified atom stereocenters. The number of aliphatic carboxylic acids is 1. The molecule has 5 nitrogen and oxygen atoms in total. The average Bonchev–Trinajstić information content (AvgIpc) is 2.29. The number of nitrogens with two attached hydrogens (primary N) is 1. The van der Waals surface area contributed by atoms with Crippen LogP contribution in [-0.2, 0) is 9.59 Å². The van der Waals surface area contributed by atoms with Crippen LogP contribution in [0.3, 0.4) is 0 Å². The number of hydrogen-bond acceptors (Lipinski definition) is 3. The molecule has 0 aromatic rings. The second kappa shape index (κ2) is 6.18. The van der Waals surface area contributed by atoms with Gasteiger partial charge in [0.25, 0.3) is 0 Å². The first-order valence-electron chi connectivity index (χ1n) is 6.72. The number of carbonyl (C=O) groups excluding carboxylic acids is 1. The van der Waals surface area contributed by atoms with Gasteiger partial charge in [-0.15, -0.1) is 0 Å². The smallest absolute Gasteiger partial charge is 0.329 e. The highest BCUT2D eigenvalue weighted by atomic mass is 16.4. The summed E-state index contributed by atoms with van der Waals surface area (Å²) >= 11 is 0. The van der Waals surface area contributed by atoms with Crippen LogP contribution >= 0.6 is 0 Å². The maximum Gasteiger partial charge on any atom is 0.329 e. The van der Waals surface area contributed by atoms with Crippen LogP contribution in [0, 0.1) is 5.92 Å². The van der Waals surface area contributed by atoms with Crippen molar-refractivity contribution in [3.05, 3.63) is 0 Å². The Morgan fingerprint density at radius 2 is 2.22 bits per heavy atom. The fourth-order valence-electron chi connectivity index (χ4n) is 2.68. The first-order valence-corrected chi connectivity index (χ1v) is 6.72. The predicted octanol–water partition coefficient (Wildman–Crippen LogP) is 1.26. The van der Waals surface area contributed by atoms with E-state index in [1.165, 1.54) is 0 Å². The van der Waals surface area contributed by atoms with Crippen molar-refractivity contribution in [3.8, 4) is 0 Å². The van der Waals surface area contributed by atoms with E-state index in [-0.39, 0.29) is 5.91 Å². The van der Waals surface area contributed by atoms with Crippen molar-refractivity contribution in [3.63, 3.8) is 0 Å². The molecular formula is C13H24N2O3. The normalized spacial score (nSPS) is 29.6. The van der Waals surface area contributed by atoms with E-state index in [9.17, 15) is 14.7 Å². The molecule has 0 radical (unpaired) electrons. The van der Waals surface area contributed by atoms with E-state index in [0.717, 1.165) is 19.3 Å². The third-order valence-corrected chi connectivity index (χ3v) is 3.71. The summed E-state index contributed by atoms with van der Waals surface area (Å²) in [6, 6.07) is -0.608. The van der Waals surface area contributed by atoms with Crippen molar-refractivity contribution in [2.24, 2.45) is 11.7 Å². The van der Waals surface area contributed by atoms with Crippen molar-refractivity contribution in [2.75, 3.05) is 0 Å². The highest BCUT2D eigenvalue weighted by Gasteiger charge is 2.43. The third kappa shape index (κ3) is 3.45. The predicted molar refractivity (Wildman–Crippen MR) is 69.0 cm³/mol. The molecule has 4 N–H and O–H groups in total. The highest BCUT2D eigenvalue weighted by molar-refractivity contribution is 5.89. The minimum Gasteiger partial charge on any atom is -0.480 e. The molecule has 0 aromatic carbocycles. The first kappa shape index (κ1) is 15.0. The van der Waals surface area contributed by atoms with Gasteiger partial charge in [-0.05, 0) is 25.2 Å². The van der Waals surface area contributed by atoms with E-state index < -0.39 is 17.6 Å². The van der Waals surface area contributed by atoms with Crippen LogP contribution in [0.25, 0.3) is 0 Å². The van der Waals surface area contributed by atoms with Crippen LogP contribution < -0.4 is 11.1 Å². The van der Waals surface area contributed by atoms with Gasteiger partial charge in [0.15, 0.2) is 0 Å². The van der Waals surface area contributed by atoms with E-state index >= 15 is 0 Å². The van der Waals surface area contributed by atoms with Gasteiger partial charge in [-0.3, -0.25) is 4.79 Å². The van der Waals surface area contributed by atoms with Crippen molar-refractivity contribution in [1.82, 2.24) is 5.32 Å². The summed E-state index contributed by atoms with van der Waals surface area (Å²) in [4.78, 5) is 23.4. The molecular weight excluding hydrogens is 232 g/mol. The number of amides is 1. The molecule has 5 heteroatoms. The van der Waals surface area contributed by atoms with Crippen LogP contribution in [0.1, 0.15) is 52.4 Å². The molecule has 104 valence electrons. The number of nitrogens with one attached hydrogen (secondary N) is 1. The Morgan fingerprint density at radius 3 is 2.72 bits per heavy atom. The number of carboxylic acid groups (broad SMARTS) is 1. The minimum atomic E-state index is -1.11. The zero-order valence-corrected chi connectivity index (χ0v) is 11.2. The molecule has 1 aliphatic carbocycles. The average molecular weight is 256 g/mol. The highest BCUT2D eigenvalue weighted by Crippen LogP contribution is 2.32. The van der Waals surface area contributed by atoms with E-state index in [0.29, 0.717) is 25.2 Å². The number of hydrogen-bond donors (Lipinski definition) is 3. The van der Waals surface area contributed by atoms with Gasteiger partial charge in [0, 0.05) is 0 Å². The van der Waals surface area contributed by atoms with Gasteiger partial charge >= 0.3 is 5.97 Å². The molecule has 0 bridgehead atoms. The lowest BCUT2D eigenvalue weighted by molar-refractivity contribution is -0.150. The Kier molecular flexibility index (Phi) is 5.14. The number of carbonyl (C=O) groups is 2. The minimum absolute atomic E-state index is 0.317. The van der Waals surface area contributed by atoms with Gasteiger partial charge in [-0.25, -0.2) is 4.79 Å². The van der Waals surface area contributed by atoms with E-state index in [1.807, 2.05) is 13.8 Å². The Bertz CT molecular complexity index is 319. The second-order valence-electron chi connectivity index (χ2n) is 5.47. The van der Waals surface area contributed by atoms with Crippen molar-refractivity contribution in [1.29, 1.82) is 0 Å². The molecule has 1 rings (SSSR count). The number of rotatable bonds is 5. The first-order chi connectivity index (χ1) is 8.41. The molecule has 1 aliphatic rings. The lowest BCUT2D eigenvalue weighted by atomic mass is 9.76. The molecule has 0 spiro atoms. The fraction of sp³-hybridized carbons (Fsp3) is 0.846. The summed E-state index contributed by atoms with van der Waals surface area (Å²) in [5.41, 5.74) is 4.62.